The number of carbonyl (C=O) groups is 3. The molecule has 0 aliphatic carbocycles. The summed E-state index contributed by atoms with van der Waals surface area (Å²) in [6.07, 6.45) is 3.28. The number of carbonyl (C=O) groups excluding carboxylic acids is 3. The molecule has 8 heteroatoms. The monoisotopic (exact) mass is 541 g/mol. The third kappa shape index (κ3) is 9.39. The van der Waals surface area contributed by atoms with Crippen LogP contribution in [0.1, 0.15) is 69.7 Å². The molecule has 0 aliphatic rings. The molecule has 2 N–H and O–H groups in total. The van der Waals surface area contributed by atoms with Crippen LogP contribution in [0.25, 0.3) is 0 Å². The zero-order valence-corrected chi connectivity index (χ0v) is 24.6. The molecule has 0 aromatic heterocycles. The topological polar surface area (TPSA) is 87.7 Å². The van der Waals surface area contributed by atoms with Crippen molar-refractivity contribution in [1.82, 2.24) is 10.2 Å². The number of anilines is 1. The highest BCUT2D eigenvalue weighted by Gasteiger charge is 2.36. The molecule has 208 valence electrons. The maximum absolute atomic E-state index is 14.1. The van der Waals surface area contributed by atoms with Crippen LogP contribution in [-0.4, -0.2) is 53.0 Å². The lowest BCUT2D eigenvalue weighted by atomic mass is 10.0. The van der Waals surface area contributed by atoms with E-state index in [0.717, 1.165) is 23.2 Å². The summed E-state index contributed by atoms with van der Waals surface area (Å²) in [5, 5.41) is 5.87. The average Bonchev–Trinajstić information content (AvgIpc) is 2.85. The number of para-hydroxylation sites is 1. The molecule has 3 amide bonds. The molecule has 2 atom stereocenters. The van der Waals surface area contributed by atoms with Gasteiger partial charge in [-0.05, 0) is 76.2 Å². The van der Waals surface area contributed by atoms with Crippen molar-refractivity contribution >= 4 is 35.4 Å². The van der Waals surface area contributed by atoms with Gasteiger partial charge in [0.2, 0.25) is 5.91 Å². The number of hydrogen-bond acceptors (Lipinski definition) is 5. The summed E-state index contributed by atoms with van der Waals surface area (Å²) in [7, 11) is 0. The fourth-order valence-corrected chi connectivity index (χ4v) is 4.62. The highest BCUT2D eigenvalue weighted by atomic mass is 32.2. The summed E-state index contributed by atoms with van der Waals surface area (Å²) < 4.78 is 5.45. The number of thioether (sulfide) groups is 1. The van der Waals surface area contributed by atoms with Crippen molar-refractivity contribution in [3.63, 3.8) is 0 Å². The largest absolute Gasteiger partial charge is 0.444 e. The van der Waals surface area contributed by atoms with Crippen molar-refractivity contribution in [2.24, 2.45) is 0 Å². The summed E-state index contributed by atoms with van der Waals surface area (Å²) in [5.41, 5.74) is 2.65. The van der Waals surface area contributed by atoms with Gasteiger partial charge < -0.3 is 20.3 Å². The highest BCUT2D eigenvalue weighted by molar-refractivity contribution is 7.98. The van der Waals surface area contributed by atoms with Crippen LogP contribution < -0.4 is 10.6 Å². The zero-order chi connectivity index (χ0) is 28.3. The number of aryl methyl sites for hydroxylation is 2. The quantitative estimate of drug-likeness (QED) is 0.331. The number of amides is 3. The van der Waals surface area contributed by atoms with Gasteiger partial charge in [-0.1, -0.05) is 61.9 Å². The number of unbranched alkanes of at least 4 members (excludes halogenated alkanes) is 1. The van der Waals surface area contributed by atoms with E-state index in [1.807, 2.05) is 75.6 Å². The van der Waals surface area contributed by atoms with Crippen molar-refractivity contribution in [2.45, 2.75) is 78.5 Å². The van der Waals surface area contributed by atoms with Crippen molar-refractivity contribution in [3.8, 4) is 0 Å². The number of alkyl carbamates (subject to hydrolysis) is 1. The van der Waals surface area contributed by atoms with Gasteiger partial charge in [0.1, 0.15) is 17.7 Å². The van der Waals surface area contributed by atoms with E-state index in [4.69, 9.17) is 4.74 Å². The van der Waals surface area contributed by atoms with Gasteiger partial charge in [0.15, 0.2) is 0 Å². The second kappa shape index (κ2) is 14.8. The first-order valence-electron chi connectivity index (χ1n) is 13.2. The molecular formula is C30H43N3O4S. The Morgan fingerprint density at radius 3 is 2.18 bits per heavy atom. The van der Waals surface area contributed by atoms with E-state index < -0.39 is 23.8 Å². The molecule has 0 bridgehead atoms. The minimum Gasteiger partial charge on any atom is -0.444 e. The zero-order valence-electron chi connectivity index (χ0n) is 23.8. The van der Waals surface area contributed by atoms with E-state index in [2.05, 4.69) is 10.6 Å². The number of nitrogens with one attached hydrogen (secondary N) is 2. The van der Waals surface area contributed by atoms with Crippen molar-refractivity contribution in [2.75, 3.05) is 23.9 Å². The first kappa shape index (κ1) is 31.2. The van der Waals surface area contributed by atoms with Crippen molar-refractivity contribution < 1.29 is 19.1 Å². The molecule has 0 radical (unpaired) electrons. The van der Waals surface area contributed by atoms with Gasteiger partial charge in [0.05, 0.1) is 0 Å². The maximum atomic E-state index is 14.1. The normalized spacial score (nSPS) is 12.8. The molecule has 2 aromatic carbocycles. The van der Waals surface area contributed by atoms with Crippen LogP contribution >= 0.6 is 11.8 Å². The minimum atomic E-state index is -0.869. The van der Waals surface area contributed by atoms with E-state index in [-0.39, 0.29) is 11.8 Å². The van der Waals surface area contributed by atoms with Crippen LogP contribution in [-0.2, 0) is 14.3 Å². The lowest BCUT2D eigenvalue weighted by Gasteiger charge is -2.34. The standard InChI is InChI=1S/C30H43N3O4S/c1-8-9-19-33(28(35)24(18-20-38-7)31-29(36)37-30(4,5)6)26(23-16-11-10-12-17-23)27(34)32-25-21(2)14-13-15-22(25)3/h10-17,24,26H,8-9,18-20H2,1-7H3,(H,31,36)(H,32,34). The maximum Gasteiger partial charge on any atom is 0.408 e. The first-order chi connectivity index (χ1) is 18.0. The second-order valence-corrected chi connectivity index (χ2v) is 11.4. The van der Waals surface area contributed by atoms with Gasteiger partial charge in [0, 0.05) is 12.2 Å². The van der Waals surface area contributed by atoms with Crippen LogP contribution in [0.15, 0.2) is 48.5 Å². The summed E-state index contributed by atoms with van der Waals surface area (Å²) in [5.74, 6) is 0.0705. The Labute approximate surface area is 232 Å². The lowest BCUT2D eigenvalue weighted by Crippen LogP contribution is -2.52. The second-order valence-electron chi connectivity index (χ2n) is 10.4. The smallest absolute Gasteiger partial charge is 0.408 e. The fourth-order valence-electron chi connectivity index (χ4n) is 4.15. The third-order valence-electron chi connectivity index (χ3n) is 6.04. The molecule has 0 aliphatic heterocycles. The predicted molar refractivity (Wildman–Crippen MR) is 157 cm³/mol. The Balaban J connectivity index is 2.50. The molecule has 0 spiro atoms. The Hall–Kier alpha value is -3.00. The van der Waals surface area contributed by atoms with Gasteiger partial charge in [-0.2, -0.15) is 11.8 Å². The molecule has 7 nitrogen and oxygen atoms in total. The van der Waals surface area contributed by atoms with Crippen molar-refractivity contribution in [3.05, 3.63) is 65.2 Å². The Morgan fingerprint density at radius 1 is 1.00 bits per heavy atom. The van der Waals surface area contributed by atoms with E-state index in [1.165, 1.54) is 0 Å². The van der Waals surface area contributed by atoms with Gasteiger partial charge in [0.25, 0.3) is 5.91 Å². The number of benzene rings is 2. The molecule has 2 rings (SSSR count). The molecule has 0 saturated heterocycles. The van der Waals surface area contributed by atoms with Crippen LogP contribution in [0.4, 0.5) is 10.5 Å². The molecule has 0 heterocycles. The predicted octanol–water partition coefficient (Wildman–Crippen LogP) is 6.26. The number of nitrogens with zero attached hydrogens (tertiary/aromatic N) is 1. The van der Waals surface area contributed by atoms with Gasteiger partial charge in [-0.25, -0.2) is 4.79 Å². The van der Waals surface area contributed by atoms with E-state index in [1.54, 1.807) is 37.4 Å². The van der Waals surface area contributed by atoms with Crippen LogP contribution in [0.3, 0.4) is 0 Å². The number of rotatable bonds is 12. The third-order valence-corrected chi connectivity index (χ3v) is 6.68. The van der Waals surface area contributed by atoms with Crippen LogP contribution in [0.5, 0.6) is 0 Å². The van der Waals surface area contributed by atoms with E-state index in [9.17, 15) is 14.4 Å². The lowest BCUT2D eigenvalue weighted by molar-refractivity contribution is -0.141. The summed E-state index contributed by atoms with van der Waals surface area (Å²) in [4.78, 5) is 42.4. The number of ether oxygens (including phenoxy) is 1. The summed E-state index contributed by atoms with van der Waals surface area (Å²) in [6, 6.07) is 13.5. The van der Waals surface area contributed by atoms with E-state index >= 15 is 0 Å². The molecule has 2 unspecified atom stereocenters. The molecular weight excluding hydrogens is 498 g/mol. The van der Waals surface area contributed by atoms with Gasteiger partial charge in [-0.3, -0.25) is 9.59 Å². The van der Waals surface area contributed by atoms with Crippen LogP contribution in [0, 0.1) is 13.8 Å². The molecule has 0 saturated carbocycles. The van der Waals surface area contributed by atoms with Gasteiger partial charge >= 0.3 is 6.09 Å². The molecule has 2 aromatic rings. The van der Waals surface area contributed by atoms with Gasteiger partial charge in [-0.15, -0.1) is 0 Å². The Kier molecular flexibility index (Phi) is 12.2. The SMILES string of the molecule is CCCCN(C(=O)C(CCSC)NC(=O)OC(C)(C)C)C(C(=O)Nc1c(C)cccc1C)c1ccccc1. The minimum absolute atomic E-state index is 0.293. The Morgan fingerprint density at radius 2 is 1.63 bits per heavy atom. The first-order valence-corrected chi connectivity index (χ1v) is 14.6. The molecule has 38 heavy (non-hydrogen) atoms. The summed E-state index contributed by atoms with van der Waals surface area (Å²) in [6.45, 7) is 11.7. The summed E-state index contributed by atoms with van der Waals surface area (Å²) >= 11 is 1.59. The fraction of sp³-hybridized carbons (Fsp3) is 0.500. The number of hydrogen-bond donors (Lipinski definition) is 2. The Bertz CT molecular complexity index is 1050. The van der Waals surface area contributed by atoms with Crippen molar-refractivity contribution in [1.29, 1.82) is 0 Å². The van der Waals surface area contributed by atoms with Crippen LogP contribution in [0.2, 0.25) is 0 Å². The average molecular weight is 542 g/mol. The highest BCUT2D eigenvalue weighted by Crippen LogP contribution is 2.27. The molecule has 0 fully saturated rings. The van der Waals surface area contributed by atoms with E-state index in [0.29, 0.717) is 30.7 Å².